The maximum Gasteiger partial charge on any atom is 0.226 e. The van der Waals surface area contributed by atoms with E-state index in [2.05, 4.69) is 17.2 Å². The highest BCUT2D eigenvalue weighted by atomic mass is 19.2. The molecule has 0 saturated carbocycles. The fourth-order valence-electron chi connectivity index (χ4n) is 2.37. The van der Waals surface area contributed by atoms with Gasteiger partial charge < -0.3 is 16.4 Å². The molecule has 0 aliphatic carbocycles. The van der Waals surface area contributed by atoms with E-state index in [0.29, 0.717) is 16.8 Å². The number of hydrogen-bond donors (Lipinski definition) is 3. The first-order chi connectivity index (χ1) is 13.6. The average molecular weight is 411 g/mol. The summed E-state index contributed by atoms with van der Waals surface area (Å²) in [5.74, 6) is -11.6. The summed E-state index contributed by atoms with van der Waals surface area (Å²) < 4.78 is 67.1. The molecule has 9 heteroatoms. The molecule has 4 N–H and O–H groups in total. The van der Waals surface area contributed by atoms with Crippen LogP contribution in [0.5, 0.6) is 0 Å². The van der Waals surface area contributed by atoms with Crippen LogP contribution < -0.4 is 16.4 Å². The highest BCUT2D eigenvalue weighted by Crippen LogP contribution is 2.23. The minimum atomic E-state index is -2.29. The summed E-state index contributed by atoms with van der Waals surface area (Å²) in [6, 6.07) is 8.87. The van der Waals surface area contributed by atoms with Gasteiger partial charge in [-0.3, -0.25) is 4.79 Å². The minimum absolute atomic E-state index is 0.339. The van der Waals surface area contributed by atoms with E-state index in [-0.39, 0.29) is 0 Å². The Balaban J connectivity index is 2.14. The SMILES string of the molecule is C=C(C)C(N/C=C(\N)c1ccccc1)NC(=O)Cc1c(F)c(F)c(F)c(F)c1F. The van der Waals surface area contributed by atoms with Crippen LogP contribution in [0, 0.1) is 29.1 Å². The first-order valence-corrected chi connectivity index (χ1v) is 8.35. The van der Waals surface area contributed by atoms with Gasteiger partial charge in [0.15, 0.2) is 23.3 Å². The quantitative estimate of drug-likeness (QED) is 0.215. The first kappa shape index (κ1) is 21.9. The van der Waals surface area contributed by atoms with Gasteiger partial charge >= 0.3 is 0 Å². The van der Waals surface area contributed by atoms with Crippen molar-refractivity contribution in [2.24, 2.45) is 5.73 Å². The van der Waals surface area contributed by atoms with Crippen LogP contribution in [0.15, 0.2) is 48.7 Å². The third kappa shape index (κ3) is 5.13. The Morgan fingerprint density at radius 2 is 1.55 bits per heavy atom. The van der Waals surface area contributed by atoms with E-state index in [1.165, 1.54) is 6.20 Å². The van der Waals surface area contributed by atoms with Crippen LogP contribution in [-0.2, 0) is 11.2 Å². The summed E-state index contributed by atoms with van der Waals surface area (Å²) in [4.78, 5) is 12.1. The summed E-state index contributed by atoms with van der Waals surface area (Å²) in [6.45, 7) is 5.23. The lowest BCUT2D eigenvalue weighted by Gasteiger charge is -2.20. The molecule has 2 rings (SSSR count). The lowest BCUT2D eigenvalue weighted by atomic mass is 10.1. The number of nitrogens with one attached hydrogen (secondary N) is 2. The summed E-state index contributed by atoms with van der Waals surface area (Å²) in [5.41, 5.74) is 6.15. The highest BCUT2D eigenvalue weighted by Gasteiger charge is 2.27. The summed E-state index contributed by atoms with van der Waals surface area (Å²) in [5, 5.41) is 5.14. The number of rotatable bonds is 7. The fourth-order valence-corrected chi connectivity index (χ4v) is 2.37. The predicted octanol–water partition coefficient (Wildman–Crippen LogP) is 3.49. The van der Waals surface area contributed by atoms with Crippen molar-refractivity contribution in [2.75, 3.05) is 0 Å². The molecule has 0 aromatic heterocycles. The maximum absolute atomic E-state index is 13.7. The van der Waals surface area contributed by atoms with Crippen LogP contribution in [0.4, 0.5) is 22.0 Å². The van der Waals surface area contributed by atoms with Crippen molar-refractivity contribution >= 4 is 11.6 Å². The van der Waals surface area contributed by atoms with E-state index in [1.54, 1.807) is 37.3 Å². The number of benzene rings is 2. The molecule has 0 spiro atoms. The smallest absolute Gasteiger partial charge is 0.226 e. The van der Waals surface area contributed by atoms with Crippen molar-refractivity contribution in [2.45, 2.75) is 19.5 Å². The fraction of sp³-hybridized carbons (Fsp3) is 0.150. The zero-order valence-corrected chi connectivity index (χ0v) is 15.3. The summed E-state index contributed by atoms with van der Waals surface area (Å²) in [6.07, 6.45) is -0.561. The first-order valence-electron chi connectivity index (χ1n) is 8.35. The van der Waals surface area contributed by atoms with Crippen molar-refractivity contribution < 1.29 is 26.7 Å². The van der Waals surface area contributed by atoms with Crippen LogP contribution in [0.2, 0.25) is 0 Å². The molecule has 29 heavy (non-hydrogen) atoms. The molecule has 1 atom stereocenters. The molecule has 2 aromatic carbocycles. The van der Waals surface area contributed by atoms with Crippen molar-refractivity contribution in [3.05, 3.63) is 88.9 Å². The zero-order valence-electron chi connectivity index (χ0n) is 15.3. The molecule has 0 fully saturated rings. The van der Waals surface area contributed by atoms with Crippen molar-refractivity contribution in [3.8, 4) is 0 Å². The summed E-state index contributed by atoms with van der Waals surface area (Å²) >= 11 is 0. The lowest BCUT2D eigenvalue weighted by molar-refractivity contribution is -0.121. The normalized spacial score (nSPS) is 12.4. The van der Waals surface area contributed by atoms with Gasteiger partial charge in [0, 0.05) is 11.8 Å². The molecule has 0 heterocycles. The standard InChI is InChI=1S/C20H18F5N3O/c1-10(2)20(27-9-13(26)11-6-4-3-5-7-11)28-14(29)8-12-15(21)17(23)19(25)18(24)16(12)22/h3-7,9,20,27H,1,8,26H2,2H3,(H,28,29)/b13-9-. The van der Waals surface area contributed by atoms with Crippen molar-refractivity contribution in [1.29, 1.82) is 0 Å². The van der Waals surface area contributed by atoms with E-state index in [1.807, 2.05) is 0 Å². The molecule has 0 bridgehead atoms. The van der Waals surface area contributed by atoms with E-state index in [4.69, 9.17) is 5.73 Å². The number of carbonyl (C=O) groups excluding carboxylic acids is 1. The number of amides is 1. The molecule has 0 aliphatic rings. The van der Waals surface area contributed by atoms with E-state index >= 15 is 0 Å². The van der Waals surface area contributed by atoms with Crippen LogP contribution in [0.25, 0.3) is 5.70 Å². The van der Waals surface area contributed by atoms with Gasteiger partial charge in [0.25, 0.3) is 0 Å². The predicted molar refractivity (Wildman–Crippen MR) is 98.4 cm³/mol. The molecular weight excluding hydrogens is 393 g/mol. The third-order valence-electron chi connectivity index (χ3n) is 3.95. The van der Waals surface area contributed by atoms with Gasteiger partial charge in [-0.05, 0) is 18.1 Å². The van der Waals surface area contributed by atoms with Crippen LogP contribution >= 0.6 is 0 Å². The largest absolute Gasteiger partial charge is 0.397 e. The third-order valence-corrected chi connectivity index (χ3v) is 3.95. The molecule has 1 unspecified atom stereocenters. The molecular formula is C20H18F5N3O. The van der Waals surface area contributed by atoms with Gasteiger partial charge in [-0.2, -0.15) is 0 Å². The van der Waals surface area contributed by atoms with Crippen molar-refractivity contribution in [1.82, 2.24) is 10.6 Å². The second-order valence-electron chi connectivity index (χ2n) is 6.20. The molecule has 0 saturated heterocycles. The van der Waals surface area contributed by atoms with Crippen LogP contribution in [-0.4, -0.2) is 12.1 Å². The molecule has 0 aliphatic heterocycles. The Morgan fingerprint density at radius 3 is 2.07 bits per heavy atom. The zero-order chi connectivity index (χ0) is 21.7. The van der Waals surface area contributed by atoms with Crippen molar-refractivity contribution in [3.63, 3.8) is 0 Å². The second kappa shape index (κ2) is 9.22. The monoisotopic (exact) mass is 411 g/mol. The van der Waals surface area contributed by atoms with Gasteiger partial charge in [-0.1, -0.05) is 36.9 Å². The van der Waals surface area contributed by atoms with Gasteiger partial charge in [0.2, 0.25) is 11.7 Å². The van der Waals surface area contributed by atoms with Gasteiger partial charge in [0.1, 0.15) is 6.17 Å². The Bertz CT molecular complexity index is 931. The molecule has 154 valence electrons. The number of carbonyl (C=O) groups is 1. The van der Waals surface area contributed by atoms with E-state index < -0.39 is 53.1 Å². The Labute approximate surface area is 163 Å². The molecule has 4 nitrogen and oxygen atoms in total. The molecule has 0 radical (unpaired) electrons. The average Bonchev–Trinajstić information content (AvgIpc) is 2.71. The van der Waals surface area contributed by atoms with Crippen LogP contribution in [0.1, 0.15) is 18.1 Å². The van der Waals surface area contributed by atoms with Gasteiger partial charge in [-0.15, -0.1) is 0 Å². The summed E-state index contributed by atoms with van der Waals surface area (Å²) in [7, 11) is 0. The highest BCUT2D eigenvalue weighted by molar-refractivity contribution is 5.79. The molecule has 2 aromatic rings. The lowest BCUT2D eigenvalue weighted by Crippen LogP contribution is -2.45. The maximum atomic E-state index is 13.7. The van der Waals surface area contributed by atoms with E-state index in [0.717, 1.165) is 0 Å². The Morgan fingerprint density at radius 1 is 1.03 bits per heavy atom. The number of hydrogen-bond acceptors (Lipinski definition) is 3. The topological polar surface area (TPSA) is 67.2 Å². The number of nitrogens with two attached hydrogens (primary N) is 1. The second-order valence-corrected chi connectivity index (χ2v) is 6.20. The van der Waals surface area contributed by atoms with Crippen LogP contribution in [0.3, 0.4) is 0 Å². The number of halogens is 5. The minimum Gasteiger partial charge on any atom is -0.397 e. The Kier molecular flexibility index (Phi) is 6.98. The van der Waals surface area contributed by atoms with Gasteiger partial charge in [-0.25, -0.2) is 22.0 Å². The molecule has 1 amide bonds. The van der Waals surface area contributed by atoms with E-state index in [9.17, 15) is 26.7 Å². The van der Waals surface area contributed by atoms with Gasteiger partial charge in [0.05, 0.1) is 12.1 Å². The Hall–Kier alpha value is -3.36.